The van der Waals surface area contributed by atoms with E-state index in [-0.39, 0.29) is 36.5 Å². The molecule has 202 valence electrons. The maximum atomic E-state index is 12.3. The Hall–Kier alpha value is -2.04. The molecule has 9 nitrogen and oxygen atoms in total. The Morgan fingerprint density at radius 2 is 1.94 bits per heavy atom. The summed E-state index contributed by atoms with van der Waals surface area (Å²) in [5.41, 5.74) is 0.283. The Labute approximate surface area is 213 Å². The SMILES string of the molecule is CC(=O)OC(C)C=CC(=O)NC1CC(C)C(CC=C(C)C=CC2OC(C)(O)CC3(CO3)C2O)OC1C. The van der Waals surface area contributed by atoms with Crippen LogP contribution in [0.3, 0.4) is 0 Å². The Balaban J connectivity index is 1.49. The second-order valence-electron chi connectivity index (χ2n) is 10.7. The zero-order valence-electron chi connectivity index (χ0n) is 22.1. The third kappa shape index (κ3) is 7.73. The van der Waals surface area contributed by atoms with Crippen LogP contribution in [0, 0.1) is 5.92 Å². The van der Waals surface area contributed by atoms with Gasteiger partial charge in [-0.3, -0.25) is 9.59 Å². The van der Waals surface area contributed by atoms with Crippen molar-refractivity contribution in [3.8, 4) is 0 Å². The van der Waals surface area contributed by atoms with E-state index in [1.807, 2.05) is 19.9 Å². The molecule has 3 rings (SSSR count). The number of ether oxygens (including phenoxy) is 4. The molecule has 3 aliphatic rings. The van der Waals surface area contributed by atoms with Crippen LogP contribution in [-0.2, 0) is 28.5 Å². The monoisotopic (exact) mass is 507 g/mol. The first kappa shape index (κ1) is 28.5. The van der Waals surface area contributed by atoms with Gasteiger partial charge in [0.25, 0.3) is 0 Å². The van der Waals surface area contributed by atoms with Crippen LogP contribution in [0.2, 0.25) is 0 Å². The van der Waals surface area contributed by atoms with Crippen molar-refractivity contribution < 1.29 is 38.7 Å². The molecule has 3 N–H and O–H groups in total. The second kappa shape index (κ2) is 11.6. The summed E-state index contributed by atoms with van der Waals surface area (Å²) >= 11 is 0. The van der Waals surface area contributed by atoms with Gasteiger partial charge in [-0.25, -0.2) is 0 Å². The number of allylic oxidation sites excluding steroid dienone is 2. The van der Waals surface area contributed by atoms with Crippen LogP contribution in [0.15, 0.2) is 36.0 Å². The van der Waals surface area contributed by atoms with Crippen molar-refractivity contribution in [2.45, 2.75) is 109 Å². The second-order valence-corrected chi connectivity index (χ2v) is 10.7. The Bertz CT molecular complexity index is 890. The average Bonchev–Trinajstić information content (AvgIpc) is 3.54. The molecule has 9 heteroatoms. The summed E-state index contributed by atoms with van der Waals surface area (Å²) in [6.45, 7) is 11.1. The highest BCUT2D eigenvalue weighted by molar-refractivity contribution is 5.87. The van der Waals surface area contributed by atoms with Gasteiger partial charge in [-0.2, -0.15) is 0 Å². The summed E-state index contributed by atoms with van der Waals surface area (Å²) < 4.78 is 22.3. The van der Waals surface area contributed by atoms with Gasteiger partial charge in [-0.05, 0) is 52.5 Å². The summed E-state index contributed by atoms with van der Waals surface area (Å²) in [4.78, 5) is 23.3. The molecule has 1 amide bonds. The topological polar surface area (TPSA) is 127 Å². The molecule has 3 saturated heterocycles. The number of rotatable bonds is 8. The largest absolute Gasteiger partial charge is 0.459 e. The van der Waals surface area contributed by atoms with E-state index < -0.39 is 35.7 Å². The molecule has 3 aliphatic heterocycles. The lowest BCUT2D eigenvalue weighted by molar-refractivity contribution is -0.272. The third-order valence-corrected chi connectivity index (χ3v) is 7.02. The molecule has 0 radical (unpaired) electrons. The molecular weight excluding hydrogens is 466 g/mol. The fourth-order valence-electron chi connectivity index (χ4n) is 4.95. The van der Waals surface area contributed by atoms with Gasteiger partial charge in [-0.15, -0.1) is 0 Å². The quantitative estimate of drug-likeness (QED) is 0.198. The van der Waals surface area contributed by atoms with Crippen LogP contribution < -0.4 is 5.32 Å². The molecule has 0 aromatic heterocycles. The molecule has 9 unspecified atom stereocenters. The fourth-order valence-corrected chi connectivity index (χ4v) is 4.95. The molecule has 0 aromatic carbocycles. The molecule has 3 heterocycles. The van der Waals surface area contributed by atoms with Gasteiger partial charge in [0.2, 0.25) is 5.91 Å². The number of carbonyl (C=O) groups excluding carboxylic acids is 2. The number of esters is 1. The first-order valence-electron chi connectivity index (χ1n) is 12.7. The molecule has 0 aromatic rings. The molecule has 1 spiro atoms. The van der Waals surface area contributed by atoms with E-state index >= 15 is 0 Å². The van der Waals surface area contributed by atoms with Gasteiger partial charge < -0.3 is 34.5 Å². The van der Waals surface area contributed by atoms with Crippen LogP contribution in [-0.4, -0.2) is 76.6 Å². The minimum absolute atomic E-state index is 0.0106. The first-order chi connectivity index (χ1) is 16.8. The zero-order valence-corrected chi connectivity index (χ0v) is 22.1. The maximum absolute atomic E-state index is 12.3. The number of hydrogen-bond donors (Lipinski definition) is 3. The fraction of sp³-hybridized carbons (Fsp3) is 0.704. The van der Waals surface area contributed by atoms with Crippen molar-refractivity contribution in [2.24, 2.45) is 5.92 Å². The average molecular weight is 508 g/mol. The minimum Gasteiger partial charge on any atom is -0.459 e. The number of epoxide rings is 1. The van der Waals surface area contributed by atoms with E-state index in [4.69, 9.17) is 18.9 Å². The number of carbonyl (C=O) groups is 2. The minimum atomic E-state index is -1.34. The van der Waals surface area contributed by atoms with E-state index in [0.717, 1.165) is 12.0 Å². The highest BCUT2D eigenvalue weighted by atomic mass is 16.7. The molecule has 0 saturated carbocycles. The summed E-state index contributed by atoms with van der Waals surface area (Å²) in [6, 6.07) is -0.114. The standard InChI is InChI=1S/C27H41NO8/c1-16(8-11-23-25(31)27(15-33-27)14-26(6,32)36-23)7-10-22-17(2)13-21(19(4)35-22)28-24(30)12-9-18(3)34-20(5)29/h7-9,11-12,17-19,21-23,25,31-32H,10,13-15H2,1-6H3,(H,28,30). The number of hydrogen-bond acceptors (Lipinski definition) is 8. The lowest BCUT2D eigenvalue weighted by Gasteiger charge is -2.40. The van der Waals surface area contributed by atoms with Crippen molar-refractivity contribution in [3.05, 3.63) is 36.0 Å². The van der Waals surface area contributed by atoms with Gasteiger partial charge >= 0.3 is 5.97 Å². The van der Waals surface area contributed by atoms with Crippen LogP contribution in [0.4, 0.5) is 0 Å². The van der Waals surface area contributed by atoms with Gasteiger partial charge in [0.15, 0.2) is 5.79 Å². The van der Waals surface area contributed by atoms with E-state index in [9.17, 15) is 19.8 Å². The van der Waals surface area contributed by atoms with Gasteiger partial charge in [0.05, 0.1) is 24.9 Å². The van der Waals surface area contributed by atoms with Crippen LogP contribution >= 0.6 is 0 Å². The summed E-state index contributed by atoms with van der Waals surface area (Å²) in [6.07, 6.45) is 8.33. The van der Waals surface area contributed by atoms with Crippen molar-refractivity contribution in [1.82, 2.24) is 5.32 Å². The van der Waals surface area contributed by atoms with Crippen molar-refractivity contribution in [3.63, 3.8) is 0 Å². The highest BCUT2D eigenvalue weighted by Crippen LogP contribution is 2.45. The van der Waals surface area contributed by atoms with Gasteiger partial charge in [-0.1, -0.05) is 30.7 Å². The molecule has 3 fully saturated rings. The predicted octanol–water partition coefficient (Wildman–Crippen LogP) is 2.31. The molecule has 36 heavy (non-hydrogen) atoms. The number of aliphatic hydroxyl groups excluding tert-OH is 1. The summed E-state index contributed by atoms with van der Waals surface area (Å²) in [5, 5.41) is 23.9. The van der Waals surface area contributed by atoms with E-state index in [0.29, 0.717) is 13.0 Å². The predicted molar refractivity (Wildman–Crippen MR) is 133 cm³/mol. The Morgan fingerprint density at radius 3 is 2.58 bits per heavy atom. The molecule has 0 bridgehead atoms. The summed E-state index contributed by atoms with van der Waals surface area (Å²) in [7, 11) is 0. The van der Waals surface area contributed by atoms with Crippen LogP contribution in [0.1, 0.15) is 60.8 Å². The van der Waals surface area contributed by atoms with Crippen LogP contribution in [0.5, 0.6) is 0 Å². The zero-order chi connectivity index (χ0) is 26.7. The van der Waals surface area contributed by atoms with E-state index in [1.165, 1.54) is 13.0 Å². The molecule has 0 aliphatic carbocycles. The van der Waals surface area contributed by atoms with Gasteiger partial charge in [0, 0.05) is 19.4 Å². The number of aliphatic hydroxyl groups is 2. The van der Waals surface area contributed by atoms with E-state index in [2.05, 4.69) is 18.3 Å². The van der Waals surface area contributed by atoms with E-state index in [1.54, 1.807) is 26.0 Å². The lowest BCUT2D eigenvalue weighted by atomic mass is 9.87. The highest BCUT2D eigenvalue weighted by Gasteiger charge is 2.61. The molecule has 9 atom stereocenters. The smallest absolute Gasteiger partial charge is 0.303 e. The maximum Gasteiger partial charge on any atom is 0.303 e. The molecular formula is C27H41NO8. The normalized spacial score (nSPS) is 39.9. The van der Waals surface area contributed by atoms with Gasteiger partial charge in [0.1, 0.15) is 23.9 Å². The van der Waals surface area contributed by atoms with Crippen molar-refractivity contribution >= 4 is 11.9 Å². The van der Waals surface area contributed by atoms with Crippen molar-refractivity contribution in [1.29, 1.82) is 0 Å². The van der Waals surface area contributed by atoms with Crippen molar-refractivity contribution in [2.75, 3.05) is 6.61 Å². The Morgan fingerprint density at radius 1 is 1.25 bits per heavy atom. The van der Waals surface area contributed by atoms with Crippen LogP contribution in [0.25, 0.3) is 0 Å². The summed E-state index contributed by atoms with van der Waals surface area (Å²) in [5.74, 6) is -1.75. The lowest BCUT2D eigenvalue weighted by Crippen LogP contribution is -2.54. The third-order valence-electron chi connectivity index (χ3n) is 7.02. The first-order valence-corrected chi connectivity index (χ1v) is 12.7. The Kier molecular flexibility index (Phi) is 9.16. The number of nitrogens with one attached hydrogen (secondary N) is 1. The number of amides is 1.